The zero-order chi connectivity index (χ0) is 11.7. The average molecular weight is 209 g/mol. The highest BCUT2D eigenvalue weighted by atomic mass is 15.1. The van der Waals surface area contributed by atoms with Crippen LogP contribution < -0.4 is 0 Å². The third-order valence-corrected chi connectivity index (χ3v) is 2.66. The standard InChI is InChI=1S/C14H27N/c1-6-15(7-2)12-11-14(5)10-8-9-13(3)4/h8-10,14H,6-7,11-12H2,1-5H3. The normalized spacial score (nSPS) is 13.5. The maximum atomic E-state index is 2.48. The molecule has 0 aromatic carbocycles. The molecule has 0 N–H and O–H groups in total. The molecule has 1 nitrogen and oxygen atoms in total. The first kappa shape index (κ1) is 14.4. The van der Waals surface area contributed by atoms with Crippen molar-refractivity contribution in [2.24, 2.45) is 5.92 Å². The lowest BCUT2D eigenvalue weighted by molar-refractivity contribution is 0.289. The minimum Gasteiger partial charge on any atom is -0.304 e. The first-order chi connectivity index (χ1) is 7.10. The fourth-order valence-electron chi connectivity index (χ4n) is 1.46. The molecule has 1 atom stereocenters. The first-order valence-electron chi connectivity index (χ1n) is 6.14. The fourth-order valence-corrected chi connectivity index (χ4v) is 1.46. The summed E-state index contributed by atoms with van der Waals surface area (Å²) < 4.78 is 0. The van der Waals surface area contributed by atoms with Crippen LogP contribution in [0.5, 0.6) is 0 Å². The van der Waals surface area contributed by atoms with Gasteiger partial charge in [0.15, 0.2) is 0 Å². The highest BCUT2D eigenvalue weighted by molar-refractivity contribution is 5.08. The Morgan fingerprint density at radius 1 is 1.20 bits per heavy atom. The van der Waals surface area contributed by atoms with Gasteiger partial charge in [0.25, 0.3) is 0 Å². The van der Waals surface area contributed by atoms with Crippen LogP contribution in [0.15, 0.2) is 23.8 Å². The van der Waals surface area contributed by atoms with Crippen molar-refractivity contribution in [3.05, 3.63) is 23.8 Å². The molecular weight excluding hydrogens is 182 g/mol. The number of allylic oxidation sites excluding steroid dienone is 4. The van der Waals surface area contributed by atoms with Crippen molar-refractivity contribution in [3.8, 4) is 0 Å². The van der Waals surface area contributed by atoms with Gasteiger partial charge in [0, 0.05) is 0 Å². The average Bonchev–Trinajstić information content (AvgIpc) is 2.18. The highest BCUT2D eigenvalue weighted by Gasteiger charge is 2.01. The molecule has 0 radical (unpaired) electrons. The Kier molecular flexibility index (Phi) is 8.40. The van der Waals surface area contributed by atoms with Crippen LogP contribution in [0.4, 0.5) is 0 Å². The van der Waals surface area contributed by atoms with E-state index in [-0.39, 0.29) is 0 Å². The topological polar surface area (TPSA) is 3.24 Å². The van der Waals surface area contributed by atoms with Crippen LogP contribution in [0.3, 0.4) is 0 Å². The molecule has 0 saturated heterocycles. The van der Waals surface area contributed by atoms with Crippen LogP contribution >= 0.6 is 0 Å². The zero-order valence-electron chi connectivity index (χ0n) is 11.1. The maximum Gasteiger partial charge on any atom is -0.00135 e. The van der Waals surface area contributed by atoms with Gasteiger partial charge in [-0.05, 0) is 45.8 Å². The van der Waals surface area contributed by atoms with Gasteiger partial charge >= 0.3 is 0 Å². The second kappa shape index (κ2) is 8.72. The lowest BCUT2D eigenvalue weighted by Crippen LogP contribution is -2.24. The highest BCUT2D eigenvalue weighted by Crippen LogP contribution is 2.06. The molecule has 0 rings (SSSR count). The van der Waals surface area contributed by atoms with Crippen molar-refractivity contribution in [1.82, 2.24) is 4.90 Å². The largest absolute Gasteiger partial charge is 0.304 e. The monoisotopic (exact) mass is 209 g/mol. The molecule has 0 amide bonds. The fraction of sp³-hybridized carbons (Fsp3) is 0.714. The molecule has 1 unspecified atom stereocenters. The molecule has 0 aliphatic rings. The van der Waals surface area contributed by atoms with Gasteiger partial charge in [0.2, 0.25) is 0 Å². The summed E-state index contributed by atoms with van der Waals surface area (Å²) in [7, 11) is 0. The van der Waals surface area contributed by atoms with E-state index in [1.54, 1.807) is 0 Å². The molecule has 0 aliphatic heterocycles. The van der Waals surface area contributed by atoms with Gasteiger partial charge in [0.05, 0.1) is 0 Å². The number of hydrogen-bond acceptors (Lipinski definition) is 1. The second-order valence-electron chi connectivity index (χ2n) is 4.42. The molecule has 1 heteroatoms. The van der Waals surface area contributed by atoms with E-state index >= 15 is 0 Å². The SMILES string of the molecule is CCN(CC)CCC(C)C=CC=C(C)C. The van der Waals surface area contributed by atoms with Gasteiger partial charge in [-0.3, -0.25) is 0 Å². The lowest BCUT2D eigenvalue weighted by atomic mass is 10.1. The minimum absolute atomic E-state index is 0.682. The summed E-state index contributed by atoms with van der Waals surface area (Å²) in [5, 5.41) is 0. The number of nitrogens with zero attached hydrogens (tertiary/aromatic N) is 1. The van der Waals surface area contributed by atoms with E-state index in [2.05, 4.69) is 57.7 Å². The summed E-state index contributed by atoms with van der Waals surface area (Å²) in [5.41, 5.74) is 1.36. The van der Waals surface area contributed by atoms with E-state index in [0.29, 0.717) is 5.92 Å². The Hall–Kier alpha value is -0.560. The second-order valence-corrected chi connectivity index (χ2v) is 4.42. The van der Waals surface area contributed by atoms with Crippen molar-refractivity contribution >= 4 is 0 Å². The molecule has 0 aromatic rings. The van der Waals surface area contributed by atoms with Gasteiger partial charge in [-0.25, -0.2) is 0 Å². The van der Waals surface area contributed by atoms with Gasteiger partial charge in [-0.15, -0.1) is 0 Å². The summed E-state index contributed by atoms with van der Waals surface area (Å²) in [4.78, 5) is 2.48. The van der Waals surface area contributed by atoms with E-state index < -0.39 is 0 Å². The summed E-state index contributed by atoms with van der Waals surface area (Å²) in [6, 6.07) is 0. The van der Waals surface area contributed by atoms with Crippen molar-refractivity contribution in [1.29, 1.82) is 0 Å². The van der Waals surface area contributed by atoms with Crippen molar-refractivity contribution < 1.29 is 0 Å². The number of hydrogen-bond donors (Lipinski definition) is 0. The Bertz CT molecular complexity index is 195. The predicted molar refractivity (Wildman–Crippen MR) is 70.1 cm³/mol. The first-order valence-corrected chi connectivity index (χ1v) is 6.14. The summed E-state index contributed by atoms with van der Waals surface area (Å²) in [5.74, 6) is 0.682. The minimum atomic E-state index is 0.682. The molecule has 0 spiro atoms. The zero-order valence-corrected chi connectivity index (χ0v) is 11.1. The Morgan fingerprint density at radius 2 is 1.80 bits per heavy atom. The molecule has 0 saturated carbocycles. The maximum absolute atomic E-state index is 2.48. The molecule has 15 heavy (non-hydrogen) atoms. The van der Waals surface area contributed by atoms with Gasteiger partial charge in [0.1, 0.15) is 0 Å². The molecule has 0 aliphatic carbocycles. The van der Waals surface area contributed by atoms with Crippen LogP contribution in [-0.2, 0) is 0 Å². The van der Waals surface area contributed by atoms with Gasteiger partial charge in [-0.1, -0.05) is 44.6 Å². The van der Waals surface area contributed by atoms with Gasteiger partial charge in [-0.2, -0.15) is 0 Å². The smallest absolute Gasteiger partial charge is 0.00135 e. The van der Waals surface area contributed by atoms with Crippen LogP contribution in [0.25, 0.3) is 0 Å². The molecule has 0 heterocycles. The summed E-state index contributed by atoms with van der Waals surface area (Å²) in [6.07, 6.45) is 7.92. The van der Waals surface area contributed by atoms with Gasteiger partial charge < -0.3 is 4.90 Å². The molecule has 0 fully saturated rings. The lowest BCUT2D eigenvalue weighted by Gasteiger charge is -2.19. The molecular formula is C14H27N. The molecule has 88 valence electrons. The van der Waals surface area contributed by atoms with Crippen LogP contribution in [0.1, 0.15) is 41.0 Å². The van der Waals surface area contributed by atoms with Crippen LogP contribution in [-0.4, -0.2) is 24.5 Å². The Morgan fingerprint density at radius 3 is 2.27 bits per heavy atom. The predicted octanol–water partition coefficient (Wildman–Crippen LogP) is 3.88. The van der Waals surface area contributed by atoms with Crippen molar-refractivity contribution in [2.45, 2.75) is 41.0 Å². The van der Waals surface area contributed by atoms with E-state index in [4.69, 9.17) is 0 Å². The van der Waals surface area contributed by atoms with E-state index in [9.17, 15) is 0 Å². The quantitative estimate of drug-likeness (QED) is 0.575. The van der Waals surface area contributed by atoms with E-state index in [1.807, 2.05) is 0 Å². The van der Waals surface area contributed by atoms with Crippen LogP contribution in [0, 0.1) is 5.92 Å². The third kappa shape index (κ3) is 8.44. The van der Waals surface area contributed by atoms with Crippen molar-refractivity contribution in [2.75, 3.05) is 19.6 Å². The number of rotatable bonds is 7. The Labute approximate surface area is 95.9 Å². The van der Waals surface area contributed by atoms with Crippen LogP contribution in [0.2, 0.25) is 0 Å². The summed E-state index contributed by atoms with van der Waals surface area (Å²) in [6.45, 7) is 14.6. The van der Waals surface area contributed by atoms with Crippen molar-refractivity contribution in [3.63, 3.8) is 0 Å². The molecule has 0 bridgehead atoms. The van der Waals surface area contributed by atoms with E-state index in [0.717, 1.165) is 0 Å². The molecule has 0 aromatic heterocycles. The third-order valence-electron chi connectivity index (χ3n) is 2.66. The Balaban J connectivity index is 3.78. The summed E-state index contributed by atoms with van der Waals surface area (Å²) >= 11 is 0. The van der Waals surface area contributed by atoms with E-state index in [1.165, 1.54) is 31.6 Å².